The molecule has 0 aliphatic carbocycles. The number of hydrogen-bond donors (Lipinski definition) is 1. The number of ether oxygens (including phenoxy) is 1. The highest BCUT2D eigenvalue weighted by Gasteiger charge is 2.15. The summed E-state index contributed by atoms with van der Waals surface area (Å²) in [5.41, 5.74) is 2.30. The smallest absolute Gasteiger partial charge is 0.260 e. The molecular formula is C21H28N2O2. The van der Waals surface area contributed by atoms with E-state index in [2.05, 4.69) is 36.3 Å². The van der Waals surface area contributed by atoms with E-state index in [9.17, 15) is 4.79 Å². The van der Waals surface area contributed by atoms with E-state index in [1.807, 2.05) is 42.5 Å². The van der Waals surface area contributed by atoms with Gasteiger partial charge in [-0.1, -0.05) is 43.3 Å². The zero-order valence-corrected chi connectivity index (χ0v) is 15.4. The van der Waals surface area contributed by atoms with Crippen molar-refractivity contribution in [1.29, 1.82) is 0 Å². The second kappa shape index (κ2) is 9.72. The fraction of sp³-hybridized carbons (Fsp3) is 0.381. The molecule has 0 saturated carbocycles. The number of anilines is 1. The van der Waals surface area contributed by atoms with E-state index < -0.39 is 6.10 Å². The Morgan fingerprint density at radius 1 is 1.12 bits per heavy atom. The Labute approximate surface area is 150 Å². The molecule has 0 aliphatic heterocycles. The lowest BCUT2D eigenvalue weighted by Crippen LogP contribution is -2.37. The van der Waals surface area contributed by atoms with Crippen molar-refractivity contribution in [2.24, 2.45) is 0 Å². The monoisotopic (exact) mass is 340 g/mol. The third-order valence-corrected chi connectivity index (χ3v) is 4.19. The highest BCUT2D eigenvalue weighted by molar-refractivity contribution is 5.80. The van der Waals surface area contributed by atoms with Crippen molar-refractivity contribution in [2.75, 3.05) is 25.0 Å². The minimum Gasteiger partial charge on any atom is -0.481 e. The summed E-state index contributed by atoms with van der Waals surface area (Å²) in [7, 11) is 2.06. The van der Waals surface area contributed by atoms with E-state index in [0.717, 1.165) is 30.7 Å². The molecule has 4 heteroatoms. The van der Waals surface area contributed by atoms with Crippen LogP contribution in [0.3, 0.4) is 0 Å². The summed E-state index contributed by atoms with van der Waals surface area (Å²) in [6.07, 6.45) is 1.27. The van der Waals surface area contributed by atoms with Gasteiger partial charge in [0.2, 0.25) is 0 Å². The number of para-hydroxylation sites is 2. The van der Waals surface area contributed by atoms with E-state index >= 15 is 0 Å². The molecule has 1 atom stereocenters. The average molecular weight is 340 g/mol. The van der Waals surface area contributed by atoms with Crippen LogP contribution in [0, 0.1) is 0 Å². The fourth-order valence-corrected chi connectivity index (χ4v) is 2.64. The average Bonchev–Trinajstić information content (AvgIpc) is 2.65. The van der Waals surface area contributed by atoms with Crippen LogP contribution in [0.15, 0.2) is 54.6 Å². The van der Waals surface area contributed by atoms with Crippen molar-refractivity contribution in [3.8, 4) is 5.75 Å². The topological polar surface area (TPSA) is 41.6 Å². The first-order chi connectivity index (χ1) is 12.1. The molecule has 134 valence electrons. The van der Waals surface area contributed by atoms with Gasteiger partial charge >= 0.3 is 0 Å². The van der Waals surface area contributed by atoms with Gasteiger partial charge in [0.25, 0.3) is 5.91 Å². The molecule has 1 unspecified atom stereocenters. The van der Waals surface area contributed by atoms with Gasteiger partial charge in [0, 0.05) is 25.8 Å². The molecule has 0 aromatic heterocycles. The van der Waals surface area contributed by atoms with Gasteiger partial charge in [0.15, 0.2) is 6.10 Å². The van der Waals surface area contributed by atoms with Crippen molar-refractivity contribution in [2.45, 2.75) is 32.8 Å². The van der Waals surface area contributed by atoms with Gasteiger partial charge in [0.05, 0.1) is 0 Å². The molecule has 2 rings (SSSR count). The van der Waals surface area contributed by atoms with Crippen molar-refractivity contribution in [1.82, 2.24) is 5.32 Å². The maximum Gasteiger partial charge on any atom is 0.260 e. The van der Waals surface area contributed by atoms with Crippen LogP contribution in [0.2, 0.25) is 0 Å². The number of hydrogen-bond acceptors (Lipinski definition) is 3. The Bertz CT molecular complexity index is 658. The van der Waals surface area contributed by atoms with Gasteiger partial charge in [0.1, 0.15) is 5.75 Å². The van der Waals surface area contributed by atoms with Gasteiger partial charge < -0.3 is 15.0 Å². The van der Waals surface area contributed by atoms with Crippen molar-refractivity contribution in [3.05, 3.63) is 60.2 Å². The summed E-state index contributed by atoms with van der Waals surface area (Å²) in [6, 6.07) is 18.1. The third kappa shape index (κ3) is 5.82. The van der Waals surface area contributed by atoms with Gasteiger partial charge in [-0.25, -0.2) is 0 Å². The van der Waals surface area contributed by atoms with Crippen LogP contribution in [0.1, 0.15) is 25.8 Å². The van der Waals surface area contributed by atoms with E-state index in [1.165, 1.54) is 5.69 Å². The standard InChI is InChI=1S/C21H28N2O2/c1-4-18-11-8-9-14-20(18)25-17(2)21(24)22-15-10-16-23(3)19-12-6-5-7-13-19/h5-9,11-14,17H,4,10,15-16H2,1-3H3,(H,22,24). The minimum atomic E-state index is -0.500. The summed E-state index contributed by atoms with van der Waals surface area (Å²) < 4.78 is 5.82. The van der Waals surface area contributed by atoms with Crippen molar-refractivity contribution >= 4 is 11.6 Å². The second-order valence-corrected chi connectivity index (χ2v) is 6.12. The molecule has 0 spiro atoms. The van der Waals surface area contributed by atoms with Crippen LogP contribution in [-0.4, -0.2) is 32.1 Å². The predicted molar refractivity (Wildman–Crippen MR) is 103 cm³/mol. The minimum absolute atomic E-state index is 0.0757. The first kappa shape index (κ1) is 18.8. The van der Waals surface area contributed by atoms with Crippen molar-refractivity contribution < 1.29 is 9.53 Å². The Hall–Kier alpha value is -2.49. The summed E-state index contributed by atoms with van der Waals surface area (Å²) in [5, 5.41) is 2.96. The number of nitrogens with zero attached hydrogens (tertiary/aromatic N) is 1. The maximum absolute atomic E-state index is 12.2. The summed E-state index contributed by atoms with van der Waals surface area (Å²) in [4.78, 5) is 14.4. The molecule has 25 heavy (non-hydrogen) atoms. The molecule has 2 aromatic rings. The largest absolute Gasteiger partial charge is 0.481 e. The third-order valence-electron chi connectivity index (χ3n) is 4.19. The zero-order valence-electron chi connectivity index (χ0n) is 15.4. The number of amides is 1. The lowest BCUT2D eigenvalue weighted by molar-refractivity contribution is -0.127. The normalized spacial score (nSPS) is 11.6. The molecule has 0 saturated heterocycles. The highest BCUT2D eigenvalue weighted by Crippen LogP contribution is 2.19. The molecule has 1 amide bonds. The number of carbonyl (C=O) groups excluding carboxylic acids is 1. The van der Waals surface area contributed by atoms with E-state index in [1.54, 1.807) is 6.92 Å². The Balaban J connectivity index is 1.72. The van der Waals surface area contributed by atoms with Crippen LogP contribution >= 0.6 is 0 Å². The quantitative estimate of drug-likeness (QED) is 0.708. The lowest BCUT2D eigenvalue weighted by atomic mass is 10.1. The molecular weight excluding hydrogens is 312 g/mol. The molecule has 1 N–H and O–H groups in total. The van der Waals surface area contributed by atoms with Crippen LogP contribution in [0.4, 0.5) is 5.69 Å². The Morgan fingerprint density at radius 3 is 2.52 bits per heavy atom. The van der Waals surface area contributed by atoms with Crippen LogP contribution < -0.4 is 15.0 Å². The van der Waals surface area contributed by atoms with Gasteiger partial charge in [-0.15, -0.1) is 0 Å². The van der Waals surface area contributed by atoms with Gasteiger partial charge in [-0.2, -0.15) is 0 Å². The summed E-state index contributed by atoms with van der Waals surface area (Å²) >= 11 is 0. The van der Waals surface area contributed by atoms with Crippen LogP contribution in [0.25, 0.3) is 0 Å². The first-order valence-corrected chi connectivity index (χ1v) is 8.90. The Kier molecular flexibility index (Phi) is 7.33. The second-order valence-electron chi connectivity index (χ2n) is 6.12. The molecule has 0 fully saturated rings. The van der Waals surface area contributed by atoms with E-state index in [0.29, 0.717) is 6.54 Å². The molecule has 0 heterocycles. The number of rotatable bonds is 9. The lowest BCUT2D eigenvalue weighted by Gasteiger charge is -2.20. The summed E-state index contributed by atoms with van der Waals surface area (Å²) in [6.45, 7) is 5.39. The van der Waals surface area contributed by atoms with Gasteiger partial charge in [-0.05, 0) is 43.5 Å². The zero-order chi connectivity index (χ0) is 18.1. The molecule has 4 nitrogen and oxygen atoms in total. The number of aryl methyl sites for hydroxylation is 1. The van der Waals surface area contributed by atoms with Gasteiger partial charge in [-0.3, -0.25) is 4.79 Å². The SMILES string of the molecule is CCc1ccccc1OC(C)C(=O)NCCCN(C)c1ccccc1. The van der Waals surface area contributed by atoms with Crippen LogP contribution in [0.5, 0.6) is 5.75 Å². The van der Waals surface area contributed by atoms with E-state index in [4.69, 9.17) is 4.74 Å². The highest BCUT2D eigenvalue weighted by atomic mass is 16.5. The first-order valence-electron chi connectivity index (χ1n) is 8.90. The molecule has 0 aliphatic rings. The molecule has 0 radical (unpaired) electrons. The molecule has 2 aromatic carbocycles. The number of benzene rings is 2. The summed E-state index contributed by atoms with van der Waals surface area (Å²) in [5.74, 6) is 0.713. The number of nitrogens with one attached hydrogen (secondary N) is 1. The predicted octanol–water partition coefficient (Wildman–Crippen LogP) is 3.66. The number of carbonyl (C=O) groups is 1. The fourth-order valence-electron chi connectivity index (χ4n) is 2.64. The van der Waals surface area contributed by atoms with Crippen LogP contribution in [-0.2, 0) is 11.2 Å². The van der Waals surface area contributed by atoms with E-state index in [-0.39, 0.29) is 5.91 Å². The molecule has 0 bridgehead atoms. The van der Waals surface area contributed by atoms with Crippen molar-refractivity contribution in [3.63, 3.8) is 0 Å². The maximum atomic E-state index is 12.2. The Morgan fingerprint density at radius 2 is 1.80 bits per heavy atom.